The van der Waals surface area contributed by atoms with Gasteiger partial charge in [0, 0.05) is 154 Å². The summed E-state index contributed by atoms with van der Waals surface area (Å²) in [5.41, 5.74) is 9.20. The zero-order valence-corrected chi connectivity index (χ0v) is 55.7. The summed E-state index contributed by atoms with van der Waals surface area (Å²) in [7, 11) is -1.47. The van der Waals surface area contributed by atoms with E-state index in [0.717, 1.165) is 132 Å². The molecular formula is C70H77F3N10O8S3. The Bertz CT molecular complexity index is 4690. The third-order valence-electron chi connectivity index (χ3n) is 18.0. The van der Waals surface area contributed by atoms with Crippen molar-refractivity contribution in [2.24, 2.45) is 0 Å². The van der Waals surface area contributed by atoms with Gasteiger partial charge in [0.05, 0.1) is 57.7 Å². The van der Waals surface area contributed by atoms with Crippen LogP contribution in [0, 0.1) is 0 Å². The zero-order chi connectivity index (χ0) is 66.1. The van der Waals surface area contributed by atoms with E-state index in [9.17, 15) is 38.4 Å². The first-order valence-corrected chi connectivity index (χ1v) is 35.7. The molecule has 2 saturated heterocycles. The number of pyridine rings is 1. The van der Waals surface area contributed by atoms with E-state index < -0.39 is 41.8 Å². The second-order valence-electron chi connectivity index (χ2n) is 24.5. The molecule has 0 saturated carbocycles. The van der Waals surface area contributed by atoms with Gasteiger partial charge in [-0.15, -0.1) is 0 Å². The largest absolute Gasteiger partial charge is 0.416 e. The lowest BCUT2D eigenvalue weighted by molar-refractivity contribution is -0.137. The number of hydrogen-bond acceptors (Lipinski definition) is 15. The average molecular weight is 1340 g/mol. The standard InChI is InChI=1S/C25H26F3N3O3S.C23H26N4O3S.C22H25N3O2S/c1-29-10-8-18(9-11-29)23-17-31(24-7-2-19(16-22(23)24)25(26,27)28)35(32,33)21-5-3-20(4-6-21)30-12-14-34-15-13-30;1-25-11-8-18(9-12-25)22-17-27(23-21(22)3-2-10-24-23)31(28,29)20-6-4-19(5-7-20)26-13-15-30-16-14-26;1-23(2)18-8-10-19(11-9-18)28(26,27)25-16-21(17-12-14-24(3)15-13-17)20-6-4-5-7-22(20)25/h2-8,16-17H,9-15H2,1H3;2-8,10,17H,9,11-16H2,1H3;4-12,16H,13-15H2,1-3H3. The Morgan fingerprint density at radius 1 is 0.457 bits per heavy atom. The Labute approximate surface area is 547 Å². The van der Waals surface area contributed by atoms with E-state index in [-0.39, 0.29) is 20.7 Å². The summed E-state index contributed by atoms with van der Waals surface area (Å²) in [4.78, 5) is 17.9. The van der Waals surface area contributed by atoms with Crippen molar-refractivity contribution in [1.82, 2.24) is 31.6 Å². The minimum Gasteiger partial charge on any atom is -0.378 e. The fraction of sp³-hybridized carbons (Fsp3) is 0.329. The highest BCUT2D eigenvalue weighted by molar-refractivity contribution is 7.90. The molecular weight excluding hydrogens is 1260 g/mol. The number of benzene rings is 5. The van der Waals surface area contributed by atoms with Gasteiger partial charge in [-0.25, -0.2) is 42.2 Å². The molecule has 24 heteroatoms. The highest BCUT2D eigenvalue weighted by Gasteiger charge is 2.33. The predicted molar refractivity (Wildman–Crippen MR) is 366 cm³/mol. The molecule has 0 atom stereocenters. The first-order chi connectivity index (χ1) is 45.1. The molecule has 0 unspecified atom stereocenters. The van der Waals surface area contributed by atoms with Crippen LogP contribution in [0.15, 0.2) is 185 Å². The molecule has 14 rings (SSSR count). The summed E-state index contributed by atoms with van der Waals surface area (Å²) < 4.78 is 136. The number of ether oxygens (including phenoxy) is 2. The molecule has 94 heavy (non-hydrogen) atoms. The molecule has 0 radical (unpaired) electrons. The third kappa shape index (κ3) is 13.7. The smallest absolute Gasteiger partial charge is 0.378 e. The number of fused-ring (bicyclic) bond motifs is 3. The highest BCUT2D eigenvalue weighted by atomic mass is 32.2. The molecule has 0 bridgehead atoms. The van der Waals surface area contributed by atoms with Crippen LogP contribution in [0.25, 0.3) is 49.6 Å². The summed E-state index contributed by atoms with van der Waals surface area (Å²) in [6.45, 7) is 10.7. The lowest BCUT2D eigenvalue weighted by atomic mass is 9.98. The second-order valence-corrected chi connectivity index (χ2v) is 29.9. The van der Waals surface area contributed by atoms with Crippen LogP contribution in [-0.2, 0) is 45.7 Å². The lowest BCUT2D eigenvalue weighted by Gasteiger charge is -2.28. The molecule has 0 amide bonds. The number of morpholine rings is 2. The van der Waals surface area contributed by atoms with Crippen LogP contribution in [0.4, 0.5) is 30.2 Å². The maximum atomic E-state index is 13.6. The maximum absolute atomic E-state index is 13.6. The molecule has 5 aromatic carbocycles. The van der Waals surface area contributed by atoms with E-state index in [1.807, 2.05) is 92.8 Å². The minimum atomic E-state index is -4.52. The van der Waals surface area contributed by atoms with Gasteiger partial charge in [-0.1, -0.05) is 36.4 Å². The molecule has 4 aromatic heterocycles. The number of rotatable bonds is 12. The number of alkyl halides is 3. The van der Waals surface area contributed by atoms with Crippen molar-refractivity contribution in [3.8, 4) is 0 Å². The molecule has 0 spiro atoms. The molecule has 5 aliphatic rings. The van der Waals surface area contributed by atoms with E-state index in [0.29, 0.717) is 61.0 Å². The van der Waals surface area contributed by atoms with Crippen molar-refractivity contribution in [3.63, 3.8) is 0 Å². The van der Waals surface area contributed by atoms with E-state index in [2.05, 4.69) is 55.7 Å². The molecule has 5 aliphatic heterocycles. The first kappa shape index (κ1) is 66.0. The van der Waals surface area contributed by atoms with Crippen molar-refractivity contribution in [1.29, 1.82) is 0 Å². The van der Waals surface area contributed by atoms with Gasteiger partial charge >= 0.3 is 6.18 Å². The summed E-state index contributed by atoms with van der Waals surface area (Å²) >= 11 is 0. The fourth-order valence-electron chi connectivity index (χ4n) is 12.5. The number of hydrogen-bond donors (Lipinski definition) is 0. The fourth-order valence-corrected chi connectivity index (χ4v) is 16.6. The van der Waals surface area contributed by atoms with E-state index in [1.165, 1.54) is 31.4 Å². The van der Waals surface area contributed by atoms with Crippen molar-refractivity contribution < 1.29 is 47.9 Å². The van der Waals surface area contributed by atoms with Gasteiger partial charge in [0.2, 0.25) is 0 Å². The van der Waals surface area contributed by atoms with Crippen LogP contribution in [0.5, 0.6) is 0 Å². The minimum absolute atomic E-state index is 0.0789. The predicted octanol–water partition coefficient (Wildman–Crippen LogP) is 10.9. The quantitative estimate of drug-likeness (QED) is 0.113. The molecule has 2 fully saturated rings. The van der Waals surface area contributed by atoms with Crippen LogP contribution in [0.2, 0.25) is 0 Å². The monoisotopic (exact) mass is 1340 g/mol. The van der Waals surface area contributed by atoms with Crippen LogP contribution >= 0.6 is 0 Å². The number of halogens is 3. The van der Waals surface area contributed by atoms with Crippen molar-refractivity contribution >= 4 is 96.7 Å². The van der Waals surface area contributed by atoms with Gasteiger partial charge in [0.1, 0.15) is 0 Å². The average Bonchev–Trinajstić information content (AvgIpc) is 1.59. The van der Waals surface area contributed by atoms with Crippen molar-refractivity contribution in [2.75, 3.05) is 142 Å². The van der Waals surface area contributed by atoms with Crippen LogP contribution < -0.4 is 14.7 Å². The van der Waals surface area contributed by atoms with Crippen LogP contribution in [-0.4, -0.2) is 184 Å². The van der Waals surface area contributed by atoms with Crippen LogP contribution in [0.1, 0.15) is 41.5 Å². The second kappa shape index (κ2) is 27.3. The molecule has 0 N–H and O–H groups in total. The number of aromatic nitrogens is 4. The molecule has 9 aromatic rings. The lowest BCUT2D eigenvalue weighted by Crippen LogP contribution is -2.36. The number of nitrogens with zero attached hydrogens (tertiary/aromatic N) is 10. The Kier molecular flexibility index (Phi) is 19.2. The number of anilines is 3. The molecule has 9 heterocycles. The Hall–Kier alpha value is -8.07. The van der Waals surface area contributed by atoms with Crippen LogP contribution in [0.3, 0.4) is 0 Å². The Morgan fingerprint density at radius 2 is 0.862 bits per heavy atom. The molecule has 18 nitrogen and oxygen atoms in total. The van der Waals surface area contributed by atoms with E-state index in [1.54, 1.807) is 67.1 Å². The normalized spacial score (nSPS) is 17.5. The van der Waals surface area contributed by atoms with E-state index >= 15 is 0 Å². The summed E-state index contributed by atoms with van der Waals surface area (Å²) in [6.07, 6.45) is 10.9. The van der Waals surface area contributed by atoms with Gasteiger partial charge in [-0.3, -0.25) is 0 Å². The third-order valence-corrected chi connectivity index (χ3v) is 23.1. The van der Waals surface area contributed by atoms with Gasteiger partial charge in [0.25, 0.3) is 30.1 Å². The Balaban J connectivity index is 0.000000136. The molecule has 0 aliphatic carbocycles. The first-order valence-electron chi connectivity index (χ1n) is 31.4. The van der Waals surface area contributed by atoms with Gasteiger partial charge in [0.15, 0.2) is 5.65 Å². The highest BCUT2D eigenvalue weighted by Crippen LogP contribution is 2.39. The van der Waals surface area contributed by atoms with Gasteiger partial charge in [-0.05, 0) is 166 Å². The van der Waals surface area contributed by atoms with E-state index in [4.69, 9.17) is 9.47 Å². The number of para-hydroxylation sites is 1. The number of likely N-dealkylation sites (N-methyl/N-ethyl adjacent to an activating group) is 3. The summed E-state index contributed by atoms with van der Waals surface area (Å²) in [6, 6.07) is 35.5. The SMILES string of the molecule is CN1CC=C(c2cn(S(=O)(=O)c3ccc(N(C)C)cc3)c3ccccc23)CC1.CN1CC=C(c2cn(S(=O)(=O)c3ccc(N4CCOCC4)cc3)c3ccc(C(F)(F)F)cc23)CC1.CN1CC=C(c2cn(S(=O)(=O)c3ccc(N4CCOCC4)cc3)c3ncccc23)CC1. The molecule has 494 valence electrons. The summed E-state index contributed by atoms with van der Waals surface area (Å²) in [5, 5.41) is 2.13. The van der Waals surface area contributed by atoms with Gasteiger partial charge < -0.3 is 38.9 Å². The zero-order valence-electron chi connectivity index (χ0n) is 53.3. The Morgan fingerprint density at radius 3 is 1.31 bits per heavy atom. The van der Waals surface area contributed by atoms with Crippen molar-refractivity contribution in [2.45, 2.75) is 40.1 Å². The summed E-state index contributed by atoms with van der Waals surface area (Å²) in [5.74, 6) is 0. The van der Waals surface area contributed by atoms with Crippen molar-refractivity contribution in [3.05, 3.63) is 193 Å². The maximum Gasteiger partial charge on any atom is 0.416 e. The van der Waals surface area contributed by atoms with Gasteiger partial charge in [-0.2, -0.15) is 13.2 Å². The topological polar surface area (TPSA) is 168 Å².